The summed E-state index contributed by atoms with van der Waals surface area (Å²) < 4.78 is 3.22. The molecular weight excluding hydrogens is 513 g/mol. The van der Waals surface area contributed by atoms with E-state index in [1.807, 2.05) is 45.0 Å². The monoisotopic (exact) mass is 537 g/mol. The summed E-state index contributed by atoms with van der Waals surface area (Å²) in [4.78, 5) is 33.8. The third-order valence-corrected chi connectivity index (χ3v) is 6.97. The van der Waals surface area contributed by atoms with Crippen molar-refractivity contribution in [1.82, 2.24) is 29.4 Å². The highest BCUT2D eigenvalue weighted by Gasteiger charge is 2.32. The van der Waals surface area contributed by atoms with Crippen LogP contribution < -0.4 is 10.9 Å². The van der Waals surface area contributed by atoms with Gasteiger partial charge >= 0.3 is 0 Å². The van der Waals surface area contributed by atoms with Gasteiger partial charge in [-0.2, -0.15) is 0 Å². The van der Waals surface area contributed by atoms with Gasteiger partial charge in [-0.3, -0.25) is 9.59 Å². The average Bonchev–Trinajstić information content (AvgIpc) is 3.41. The number of hydrogen-bond acceptors (Lipinski definition) is 6. The summed E-state index contributed by atoms with van der Waals surface area (Å²) in [5, 5.41) is 11.9. The summed E-state index contributed by atoms with van der Waals surface area (Å²) in [5.74, 6) is 0.215. The van der Waals surface area contributed by atoms with Crippen LogP contribution in [-0.2, 0) is 13.0 Å². The Hall–Kier alpha value is -3.69. The number of anilines is 1. The number of carbonyl (C=O) groups is 1. The number of hydrogen-bond donors (Lipinski definition) is 1. The van der Waals surface area contributed by atoms with Crippen LogP contribution in [0.3, 0.4) is 0 Å². The summed E-state index contributed by atoms with van der Waals surface area (Å²) in [6.45, 7) is 6.08. The fraction of sp³-hybridized carbons (Fsp3) is 0.269. The molecule has 5 rings (SSSR count). The molecule has 11 heteroatoms. The van der Waals surface area contributed by atoms with E-state index in [1.165, 1.54) is 0 Å². The molecule has 2 aromatic carbocycles. The minimum absolute atomic E-state index is 0.0196. The van der Waals surface area contributed by atoms with Gasteiger partial charge in [-0.25, -0.2) is 14.2 Å². The summed E-state index contributed by atoms with van der Waals surface area (Å²) in [6.07, 6.45) is 3.71. The lowest BCUT2D eigenvalue weighted by Gasteiger charge is -2.35. The topological polar surface area (TPSA) is 97.9 Å². The van der Waals surface area contributed by atoms with E-state index in [0.717, 1.165) is 5.69 Å². The van der Waals surface area contributed by atoms with Crippen LogP contribution in [0, 0.1) is 0 Å². The second-order valence-corrected chi connectivity index (χ2v) is 10.1. The van der Waals surface area contributed by atoms with Gasteiger partial charge in [-0.05, 0) is 63.6 Å². The molecule has 190 valence electrons. The van der Waals surface area contributed by atoms with Crippen molar-refractivity contribution < 1.29 is 4.79 Å². The smallest absolute Gasteiger partial charge is 0.263 e. The van der Waals surface area contributed by atoms with E-state index in [1.54, 1.807) is 44.7 Å². The predicted octanol–water partition coefficient (Wildman–Crippen LogP) is 4.53. The lowest BCUT2D eigenvalue weighted by molar-refractivity contribution is 0.0653. The summed E-state index contributed by atoms with van der Waals surface area (Å²) in [7, 11) is 0. The van der Waals surface area contributed by atoms with Gasteiger partial charge in [0.2, 0.25) is 5.95 Å². The van der Waals surface area contributed by atoms with Crippen molar-refractivity contribution in [3.63, 3.8) is 0 Å². The molecule has 2 aromatic heterocycles. The van der Waals surface area contributed by atoms with E-state index >= 15 is 0 Å². The van der Waals surface area contributed by atoms with Crippen molar-refractivity contribution in [2.45, 2.75) is 45.8 Å². The van der Waals surface area contributed by atoms with Gasteiger partial charge in [0, 0.05) is 23.2 Å². The van der Waals surface area contributed by atoms with Crippen LogP contribution in [-0.4, -0.2) is 47.4 Å². The van der Waals surface area contributed by atoms with E-state index in [2.05, 4.69) is 15.6 Å². The van der Waals surface area contributed by atoms with Crippen LogP contribution in [0.5, 0.6) is 0 Å². The summed E-state index contributed by atoms with van der Waals surface area (Å²) >= 11 is 12.2. The van der Waals surface area contributed by atoms with Gasteiger partial charge in [-0.15, -0.1) is 5.10 Å². The normalized spacial score (nSPS) is 15.1. The van der Waals surface area contributed by atoms with Crippen molar-refractivity contribution in [3.05, 3.63) is 92.1 Å². The van der Waals surface area contributed by atoms with Crippen molar-refractivity contribution in [3.8, 4) is 11.4 Å². The van der Waals surface area contributed by atoms with Gasteiger partial charge in [0.25, 0.3) is 11.5 Å². The Kier molecular flexibility index (Phi) is 6.74. The first kappa shape index (κ1) is 25.0. The molecular formula is C26H25Cl2N7O2. The Bertz CT molecular complexity index is 1530. The van der Waals surface area contributed by atoms with E-state index in [4.69, 9.17) is 28.2 Å². The Morgan fingerprint density at radius 1 is 1.11 bits per heavy atom. The Morgan fingerprint density at radius 3 is 2.59 bits per heavy atom. The molecule has 0 aliphatic carbocycles. The van der Waals surface area contributed by atoms with Gasteiger partial charge in [0.15, 0.2) is 0 Å². The van der Waals surface area contributed by atoms with Crippen LogP contribution in [0.2, 0.25) is 10.0 Å². The van der Waals surface area contributed by atoms with Gasteiger partial charge in [0.05, 0.1) is 46.1 Å². The fourth-order valence-corrected chi connectivity index (χ4v) is 4.74. The number of aromatic nitrogens is 5. The molecule has 0 bridgehead atoms. The molecule has 4 aromatic rings. The molecule has 1 amide bonds. The lowest BCUT2D eigenvalue weighted by atomic mass is 9.98. The van der Waals surface area contributed by atoms with Crippen molar-refractivity contribution in [2.75, 3.05) is 5.32 Å². The van der Waals surface area contributed by atoms with Crippen LogP contribution in [0.1, 0.15) is 42.4 Å². The maximum absolute atomic E-state index is 13.9. The first-order valence-electron chi connectivity index (χ1n) is 11.9. The number of carbonyl (C=O) groups excluding carboxylic acids is 1. The number of fused-ring (bicyclic) bond motifs is 1. The molecule has 0 unspecified atom stereocenters. The maximum atomic E-state index is 13.9. The molecule has 37 heavy (non-hydrogen) atoms. The molecule has 1 atom stereocenters. The number of amides is 1. The SMILES string of the molecule is CC(C)Nc1nc2c(c(=O)n1-c1cccc(-n3ccnn3)c1)C[C@@H](C)N(C(=O)c1ccc(Cl)c(Cl)c1)C2. The predicted molar refractivity (Wildman–Crippen MR) is 143 cm³/mol. The zero-order valence-corrected chi connectivity index (χ0v) is 22.0. The van der Waals surface area contributed by atoms with Crippen molar-refractivity contribution in [2.24, 2.45) is 0 Å². The third kappa shape index (κ3) is 4.84. The van der Waals surface area contributed by atoms with E-state index in [9.17, 15) is 9.59 Å². The van der Waals surface area contributed by atoms with E-state index in [0.29, 0.717) is 44.9 Å². The second kappa shape index (κ2) is 9.99. The van der Waals surface area contributed by atoms with Gasteiger partial charge < -0.3 is 10.2 Å². The van der Waals surface area contributed by atoms with Crippen LogP contribution in [0.15, 0.2) is 59.7 Å². The standard InChI is InChI=1S/C26H25Cl2N7O2/c1-15(2)30-26-31-23-14-33(24(36)17-7-8-21(27)22(28)12-17)16(3)11-20(23)25(37)35(26)19-6-4-5-18(13-19)34-10-9-29-32-34/h4-10,12-13,15-16H,11,14H2,1-3H3,(H,30,31)/t16-/m1/s1. The van der Waals surface area contributed by atoms with Crippen molar-refractivity contribution >= 4 is 35.1 Å². The number of halogens is 2. The third-order valence-electron chi connectivity index (χ3n) is 6.23. The second-order valence-electron chi connectivity index (χ2n) is 9.28. The quantitative estimate of drug-likeness (QED) is 0.401. The molecule has 1 aliphatic heterocycles. The Balaban J connectivity index is 1.57. The zero-order valence-electron chi connectivity index (χ0n) is 20.5. The fourth-order valence-electron chi connectivity index (χ4n) is 4.44. The first-order chi connectivity index (χ1) is 17.7. The van der Waals surface area contributed by atoms with Gasteiger partial charge in [-0.1, -0.05) is 34.5 Å². The first-order valence-corrected chi connectivity index (χ1v) is 12.6. The molecule has 0 spiro atoms. The molecule has 9 nitrogen and oxygen atoms in total. The molecule has 0 saturated heterocycles. The molecule has 3 heterocycles. The Morgan fingerprint density at radius 2 is 1.89 bits per heavy atom. The van der Waals surface area contributed by atoms with Crippen LogP contribution >= 0.6 is 23.2 Å². The minimum atomic E-state index is -0.220. The summed E-state index contributed by atoms with van der Waals surface area (Å²) in [5.41, 5.74) is 2.84. The van der Waals surface area contributed by atoms with E-state index in [-0.39, 0.29) is 30.1 Å². The highest BCUT2D eigenvalue weighted by Crippen LogP contribution is 2.27. The molecule has 1 aliphatic rings. The van der Waals surface area contributed by atoms with E-state index < -0.39 is 0 Å². The van der Waals surface area contributed by atoms with Crippen molar-refractivity contribution in [1.29, 1.82) is 0 Å². The largest absolute Gasteiger partial charge is 0.353 e. The van der Waals surface area contributed by atoms with Crippen LogP contribution in [0.25, 0.3) is 11.4 Å². The molecule has 1 N–H and O–H groups in total. The Labute approximate surface area is 223 Å². The lowest BCUT2D eigenvalue weighted by Crippen LogP contribution is -2.46. The minimum Gasteiger partial charge on any atom is -0.353 e. The number of benzene rings is 2. The maximum Gasteiger partial charge on any atom is 0.263 e. The highest BCUT2D eigenvalue weighted by molar-refractivity contribution is 6.42. The molecule has 0 saturated carbocycles. The highest BCUT2D eigenvalue weighted by atomic mass is 35.5. The molecule has 0 fully saturated rings. The summed E-state index contributed by atoms with van der Waals surface area (Å²) in [6, 6.07) is 12.1. The number of nitrogens with zero attached hydrogens (tertiary/aromatic N) is 6. The number of nitrogens with one attached hydrogen (secondary N) is 1. The zero-order chi connectivity index (χ0) is 26.3. The van der Waals surface area contributed by atoms with Gasteiger partial charge in [0.1, 0.15) is 0 Å². The number of rotatable bonds is 5. The van der Waals surface area contributed by atoms with Crippen LogP contribution in [0.4, 0.5) is 5.95 Å². The average molecular weight is 538 g/mol. The molecule has 0 radical (unpaired) electrons.